The van der Waals surface area contributed by atoms with Crippen molar-refractivity contribution in [3.8, 4) is 16.2 Å². The lowest BCUT2D eigenvalue weighted by Gasteiger charge is -2.10. The molecule has 0 aliphatic carbocycles. The number of rotatable bonds is 5. The van der Waals surface area contributed by atoms with E-state index < -0.39 is 5.91 Å². The van der Waals surface area contributed by atoms with Crippen LogP contribution in [0, 0.1) is 13.8 Å². The molecule has 3 aromatic heterocycles. The van der Waals surface area contributed by atoms with Gasteiger partial charge in [0.15, 0.2) is 6.61 Å². The summed E-state index contributed by atoms with van der Waals surface area (Å²) in [4.78, 5) is 31.1. The second kappa shape index (κ2) is 7.57. The Morgan fingerprint density at radius 2 is 2.07 bits per heavy atom. The number of hydrogen-bond acceptors (Lipinski definition) is 6. The number of aryl methyl sites for hydroxylation is 2. The van der Waals surface area contributed by atoms with Gasteiger partial charge in [-0.05, 0) is 48.6 Å². The van der Waals surface area contributed by atoms with Crippen LogP contribution in [0.25, 0.3) is 20.7 Å². The molecule has 0 radical (unpaired) electrons. The Morgan fingerprint density at radius 1 is 1.21 bits per heavy atom. The van der Waals surface area contributed by atoms with Crippen LogP contribution in [0.4, 0.5) is 0 Å². The number of carbonyl (C=O) groups is 1. The maximum Gasteiger partial charge on any atom is 0.281 e. The van der Waals surface area contributed by atoms with Gasteiger partial charge in [0.2, 0.25) is 0 Å². The summed E-state index contributed by atoms with van der Waals surface area (Å²) in [6.45, 7) is 3.79. The first-order valence-corrected chi connectivity index (χ1v) is 10.3. The van der Waals surface area contributed by atoms with Crippen LogP contribution in [0.5, 0.6) is 5.75 Å². The summed E-state index contributed by atoms with van der Waals surface area (Å²) in [5.41, 5.74) is 5.31. The predicted octanol–water partition coefficient (Wildman–Crippen LogP) is 3.95. The number of benzene rings is 1. The number of ether oxygens (including phenoxy) is 1. The zero-order chi connectivity index (χ0) is 19.7. The molecule has 4 aromatic rings. The van der Waals surface area contributed by atoms with E-state index in [-0.39, 0.29) is 12.2 Å². The molecule has 0 fully saturated rings. The maximum absolute atomic E-state index is 12.9. The number of carbonyl (C=O) groups excluding carboxylic acids is 1. The van der Waals surface area contributed by atoms with Crippen molar-refractivity contribution in [3.05, 3.63) is 68.9 Å². The standard InChI is InChI=1S/C20H17N3O3S2/c1-12-5-6-14(8-13(12)2)26-9-17(24)22-23-11-21-19-18(20(23)25)15(10-28-19)16-4-3-7-27-16/h3-8,10-11H,9H2,1-2H3,(H,22,24). The number of amides is 1. The first kappa shape index (κ1) is 18.4. The maximum atomic E-state index is 12.9. The number of thiophene rings is 2. The lowest BCUT2D eigenvalue weighted by atomic mass is 10.1. The summed E-state index contributed by atoms with van der Waals surface area (Å²) in [5.74, 6) is 0.173. The van der Waals surface area contributed by atoms with E-state index in [1.54, 1.807) is 11.3 Å². The third-order valence-electron chi connectivity index (χ3n) is 4.37. The zero-order valence-corrected chi connectivity index (χ0v) is 16.9. The van der Waals surface area contributed by atoms with Gasteiger partial charge in [0, 0.05) is 15.8 Å². The number of nitrogens with zero attached hydrogens (tertiary/aromatic N) is 2. The average Bonchev–Trinajstić information content (AvgIpc) is 3.34. The van der Waals surface area contributed by atoms with Gasteiger partial charge in [-0.25, -0.2) is 9.66 Å². The molecule has 0 saturated carbocycles. The Bertz CT molecular complexity index is 1210. The second-order valence-corrected chi connectivity index (χ2v) is 8.10. The highest BCUT2D eigenvalue weighted by Crippen LogP contribution is 2.33. The van der Waals surface area contributed by atoms with Gasteiger partial charge >= 0.3 is 0 Å². The molecule has 1 amide bonds. The van der Waals surface area contributed by atoms with Gasteiger partial charge in [0.05, 0.1) is 5.39 Å². The average molecular weight is 412 g/mol. The largest absolute Gasteiger partial charge is 0.484 e. The van der Waals surface area contributed by atoms with Crippen molar-refractivity contribution >= 4 is 38.8 Å². The normalized spacial score (nSPS) is 10.9. The van der Waals surface area contributed by atoms with E-state index in [9.17, 15) is 9.59 Å². The summed E-state index contributed by atoms with van der Waals surface area (Å²) < 4.78 is 6.64. The van der Waals surface area contributed by atoms with E-state index in [4.69, 9.17) is 4.74 Å². The monoisotopic (exact) mass is 411 g/mol. The Kier molecular flexibility index (Phi) is 4.97. The SMILES string of the molecule is Cc1ccc(OCC(=O)Nn2cnc3scc(-c4cccs4)c3c2=O)cc1C. The number of nitrogens with one attached hydrogen (secondary N) is 1. The van der Waals surface area contributed by atoms with E-state index in [1.807, 2.05) is 54.9 Å². The van der Waals surface area contributed by atoms with Gasteiger partial charge < -0.3 is 4.74 Å². The molecule has 1 aromatic carbocycles. The molecule has 142 valence electrons. The van der Waals surface area contributed by atoms with Crippen LogP contribution in [0.1, 0.15) is 11.1 Å². The highest BCUT2D eigenvalue weighted by Gasteiger charge is 2.15. The van der Waals surface area contributed by atoms with Crippen LogP contribution in [-0.4, -0.2) is 22.2 Å². The van der Waals surface area contributed by atoms with E-state index in [2.05, 4.69) is 10.4 Å². The number of hydrogen-bond donors (Lipinski definition) is 1. The number of fused-ring (bicyclic) bond motifs is 1. The van der Waals surface area contributed by atoms with Gasteiger partial charge in [-0.15, -0.1) is 22.7 Å². The van der Waals surface area contributed by atoms with Gasteiger partial charge in [0.1, 0.15) is 16.9 Å². The minimum atomic E-state index is -0.436. The van der Waals surface area contributed by atoms with Crippen molar-refractivity contribution in [1.82, 2.24) is 9.66 Å². The Balaban J connectivity index is 1.53. The number of aromatic nitrogens is 2. The molecule has 0 bridgehead atoms. The highest BCUT2D eigenvalue weighted by molar-refractivity contribution is 7.18. The molecule has 0 aliphatic heterocycles. The van der Waals surface area contributed by atoms with Crippen molar-refractivity contribution in [1.29, 1.82) is 0 Å². The molecular weight excluding hydrogens is 394 g/mol. The molecule has 0 spiro atoms. The van der Waals surface area contributed by atoms with Crippen LogP contribution in [-0.2, 0) is 4.79 Å². The van der Waals surface area contributed by atoms with Crippen molar-refractivity contribution in [3.63, 3.8) is 0 Å². The summed E-state index contributed by atoms with van der Waals surface area (Å²) in [5, 5.41) is 4.38. The van der Waals surface area contributed by atoms with E-state index >= 15 is 0 Å². The lowest BCUT2D eigenvalue weighted by Crippen LogP contribution is -2.35. The molecule has 0 atom stereocenters. The Hall–Kier alpha value is -2.97. The summed E-state index contributed by atoms with van der Waals surface area (Å²) >= 11 is 2.96. The van der Waals surface area contributed by atoms with Gasteiger partial charge in [-0.2, -0.15) is 0 Å². The minimum absolute atomic E-state index is 0.200. The summed E-state index contributed by atoms with van der Waals surface area (Å²) in [6, 6.07) is 9.52. The molecule has 1 N–H and O–H groups in total. The molecule has 8 heteroatoms. The predicted molar refractivity (Wildman–Crippen MR) is 113 cm³/mol. The van der Waals surface area contributed by atoms with Gasteiger partial charge in [-0.1, -0.05) is 12.1 Å². The van der Waals surface area contributed by atoms with Crippen LogP contribution in [0.2, 0.25) is 0 Å². The van der Waals surface area contributed by atoms with Crippen molar-refractivity contribution in [2.75, 3.05) is 12.0 Å². The summed E-state index contributed by atoms with van der Waals surface area (Å²) in [7, 11) is 0. The third kappa shape index (κ3) is 3.56. The molecule has 0 aliphatic rings. The van der Waals surface area contributed by atoms with Crippen molar-refractivity contribution in [2.45, 2.75) is 13.8 Å². The van der Waals surface area contributed by atoms with E-state index in [0.29, 0.717) is 16.0 Å². The first-order valence-electron chi connectivity index (χ1n) is 8.55. The molecule has 28 heavy (non-hydrogen) atoms. The molecule has 6 nitrogen and oxygen atoms in total. The fourth-order valence-electron chi connectivity index (χ4n) is 2.74. The van der Waals surface area contributed by atoms with Crippen LogP contribution in [0.3, 0.4) is 0 Å². The molecule has 4 rings (SSSR count). The van der Waals surface area contributed by atoms with Crippen LogP contribution in [0.15, 0.2) is 52.2 Å². The van der Waals surface area contributed by atoms with Gasteiger partial charge in [-0.3, -0.25) is 15.0 Å². The summed E-state index contributed by atoms with van der Waals surface area (Å²) in [6.07, 6.45) is 1.33. The molecule has 0 unspecified atom stereocenters. The topological polar surface area (TPSA) is 73.2 Å². The molecule has 0 saturated heterocycles. The van der Waals surface area contributed by atoms with E-state index in [0.717, 1.165) is 26.2 Å². The second-order valence-electron chi connectivity index (χ2n) is 6.30. The zero-order valence-electron chi connectivity index (χ0n) is 15.3. The van der Waals surface area contributed by atoms with Crippen LogP contribution >= 0.6 is 22.7 Å². The highest BCUT2D eigenvalue weighted by atomic mass is 32.1. The molecule has 3 heterocycles. The van der Waals surface area contributed by atoms with Gasteiger partial charge in [0.25, 0.3) is 11.5 Å². The minimum Gasteiger partial charge on any atom is -0.484 e. The van der Waals surface area contributed by atoms with E-state index in [1.165, 1.54) is 17.7 Å². The lowest BCUT2D eigenvalue weighted by molar-refractivity contribution is -0.119. The van der Waals surface area contributed by atoms with Crippen molar-refractivity contribution < 1.29 is 9.53 Å². The van der Waals surface area contributed by atoms with Crippen LogP contribution < -0.4 is 15.7 Å². The van der Waals surface area contributed by atoms with Crippen molar-refractivity contribution in [2.24, 2.45) is 0 Å². The fraction of sp³-hybridized carbons (Fsp3) is 0.150. The smallest absolute Gasteiger partial charge is 0.281 e. The third-order valence-corrected chi connectivity index (χ3v) is 6.16. The Morgan fingerprint density at radius 3 is 2.82 bits per heavy atom. The quantitative estimate of drug-likeness (QED) is 0.540. The first-order chi connectivity index (χ1) is 13.5. The Labute approximate surface area is 169 Å². The molecular formula is C20H17N3O3S2. The fourth-order valence-corrected chi connectivity index (χ4v) is 4.47.